The Morgan fingerprint density at radius 2 is 1.81 bits per heavy atom. The lowest BCUT2D eigenvalue weighted by Crippen LogP contribution is -2.59. The third-order valence-electron chi connectivity index (χ3n) is 12.1. The molecule has 5 aliphatic rings. The van der Waals surface area contributed by atoms with Crippen molar-refractivity contribution in [1.82, 2.24) is 25.2 Å². The molecule has 7 rings (SSSR count). The van der Waals surface area contributed by atoms with E-state index in [1.165, 1.54) is 4.90 Å². The van der Waals surface area contributed by atoms with Gasteiger partial charge in [0.15, 0.2) is 5.75 Å². The Hall–Kier alpha value is -4.81. The summed E-state index contributed by atoms with van der Waals surface area (Å²) in [5, 5.41) is 5.83. The molecule has 3 N–H and O–H groups in total. The number of halogens is 3. The molecule has 1 aromatic carbocycles. The summed E-state index contributed by atoms with van der Waals surface area (Å²) in [7, 11) is -2.03. The zero-order chi connectivity index (χ0) is 42.7. The quantitative estimate of drug-likeness (QED) is 0.337. The standard InChI is InChI=1S/C40H51F3N6O9S/c1-22-8-6-7-9-24-20-39(24,36(52)47-59(54,55)26-10-11-26)46-33(50)30-19-25(57-34-28-12-13-29-32(27(28)14-15-44-34)56-17-16-48(29)5)21-49(30)35(51)31(23(2)18-22)45-37(53)58-38(3,4)40(41,42)43/h7,9,12-15,22-26,30-31H,6,8,10-11,16-21H2,1-5H3,(H,45,53)(H,46,50)(H,47,52)/b9-7-/t22-,23+,24+,25+,30-,31-,39+/m0/s1. The Kier molecular flexibility index (Phi) is 11.2. The Balaban J connectivity index is 1.23. The summed E-state index contributed by atoms with van der Waals surface area (Å²) in [6.07, 6.45) is 0.321. The van der Waals surface area contributed by atoms with Crippen LogP contribution < -0.4 is 29.7 Å². The molecular formula is C40H51F3N6O9S. The molecule has 4 amide bonds. The maximum atomic E-state index is 14.8. The number of carbonyl (C=O) groups is 4. The van der Waals surface area contributed by atoms with Crippen LogP contribution in [0.3, 0.4) is 0 Å². The number of alkyl carbamates (subject to hydrolysis) is 1. The first kappa shape index (κ1) is 42.3. The molecule has 0 spiro atoms. The molecule has 2 aliphatic carbocycles. The van der Waals surface area contributed by atoms with E-state index in [2.05, 4.69) is 25.2 Å². The SMILES string of the molecule is C[C@H]1CC/C=C\[C@@H]2C[C@@]2(C(=O)NS(=O)(=O)C2CC2)NC(=O)[C@@H]2C[C@@H](Oc3nccc4c5c(ccc34)N(C)CCO5)CN2C(=O)[C@@H](NC(=O)OC(C)(C)C(F)(F)F)[C@H](C)C1. The fourth-order valence-electron chi connectivity index (χ4n) is 8.24. The van der Waals surface area contributed by atoms with E-state index >= 15 is 0 Å². The number of allylic oxidation sites excluding steroid dienone is 1. The van der Waals surface area contributed by atoms with Crippen molar-refractivity contribution in [2.24, 2.45) is 17.8 Å². The first-order valence-corrected chi connectivity index (χ1v) is 21.6. The van der Waals surface area contributed by atoms with Crippen LogP contribution in [0.1, 0.15) is 72.6 Å². The highest BCUT2D eigenvalue weighted by Crippen LogP contribution is 2.47. The molecule has 1 saturated heterocycles. The topological polar surface area (TPSA) is 186 Å². The van der Waals surface area contributed by atoms with Gasteiger partial charge in [0.25, 0.3) is 5.91 Å². The number of rotatable bonds is 7. The van der Waals surface area contributed by atoms with Gasteiger partial charge in [-0.05, 0) is 82.4 Å². The molecule has 2 saturated carbocycles. The van der Waals surface area contributed by atoms with Gasteiger partial charge < -0.3 is 34.6 Å². The average molecular weight is 849 g/mol. The Labute approximate surface area is 340 Å². The molecule has 0 unspecified atom stereocenters. The van der Waals surface area contributed by atoms with Gasteiger partial charge in [0, 0.05) is 36.4 Å². The first-order chi connectivity index (χ1) is 27.7. The van der Waals surface area contributed by atoms with Gasteiger partial charge in [0.05, 0.1) is 24.0 Å². The molecule has 3 aliphatic heterocycles. The largest absolute Gasteiger partial charge is 0.489 e. The third-order valence-corrected chi connectivity index (χ3v) is 13.9. The summed E-state index contributed by atoms with van der Waals surface area (Å²) in [6, 6.07) is 2.76. The lowest BCUT2D eigenvalue weighted by atomic mass is 9.88. The Bertz CT molecular complexity index is 2150. The lowest BCUT2D eigenvalue weighted by Gasteiger charge is -2.34. The lowest BCUT2D eigenvalue weighted by molar-refractivity contribution is -0.244. The normalized spacial score (nSPS) is 29.7. The van der Waals surface area contributed by atoms with Crippen molar-refractivity contribution in [2.45, 2.75) is 113 Å². The molecule has 4 heterocycles. The molecule has 1 aromatic heterocycles. The summed E-state index contributed by atoms with van der Waals surface area (Å²) in [4.78, 5) is 64.0. The van der Waals surface area contributed by atoms with Crippen molar-refractivity contribution in [1.29, 1.82) is 0 Å². The molecule has 0 radical (unpaired) electrons. The molecule has 7 atom stereocenters. The van der Waals surface area contributed by atoms with Gasteiger partial charge in [0.2, 0.25) is 33.3 Å². The van der Waals surface area contributed by atoms with Crippen LogP contribution >= 0.6 is 0 Å². The van der Waals surface area contributed by atoms with E-state index in [-0.39, 0.29) is 31.2 Å². The molecular weight excluding hydrogens is 798 g/mol. The number of alkyl halides is 3. The number of amides is 4. The number of hydrogen-bond donors (Lipinski definition) is 3. The summed E-state index contributed by atoms with van der Waals surface area (Å²) in [6.45, 7) is 5.98. The van der Waals surface area contributed by atoms with E-state index in [0.717, 1.165) is 11.1 Å². The summed E-state index contributed by atoms with van der Waals surface area (Å²) in [5.74, 6) is -2.79. The number of sulfonamides is 1. The van der Waals surface area contributed by atoms with E-state index in [1.54, 1.807) is 25.3 Å². The number of ether oxygens (including phenoxy) is 3. The molecule has 15 nitrogen and oxygen atoms in total. The van der Waals surface area contributed by atoms with Crippen LogP contribution in [0.15, 0.2) is 36.5 Å². The second-order valence-corrected chi connectivity index (χ2v) is 19.1. The zero-order valence-electron chi connectivity index (χ0n) is 33.6. The number of likely N-dealkylation sites (N-methyl/N-ethyl adjacent to an activating group) is 1. The highest BCUT2D eigenvalue weighted by molar-refractivity contribution is 7.91. The van der Waals surface area contributed by atoms with Crippen molar-refractivity contribution >= 4 is 50.3 Å². The van der Waals surface area contributed by atoms with E-state index < -0.39 is 86.4 Å². The van der Waals surface area contributed by atoms with Gasteiger partial charge >= 0.3 is 12.3 Å². The second kappa shape index (κ2) is 15.7. The van der Waals surface area contributed by atoms with Crippen molar-refractivity contribution in [2.75, 3.05) is 31.6 Å². The van der Waals surface area contributed by atoms with Gasteiger partial charge in [-0.25, -0.2) is 18.2 Å². The Morgan fingerprint density at radius 1 is 1.07 bits per heavy atom. The Morgan fingerprint density at radius 3 is 2.53 bits per heavy atom. The third kappa shape index (κ3) is 8.62. The van der Waals surface area contributed by atoms with E-state index in [0.29, 0.717) is 70.2 Å². The number of anilines is 1. The predicted molar refractivity (Wildman–Crippen MR) is 209 cm³/mol. The number of pyridine rings is 1. The van der Waals surface area contributed by atoms with E-state index in [1.807, 2.05) is 32.2 Å². The van der Waals surface area contributed by atoms with E-state index in [4.69, 9.17) is 14.2 Å². The number of hydrogen-bond acceptors (Lipinski definition) is 11. The van der Waals surface area contributed by atoms with Crippen molar-refractivity contribution in [3.05, 3.63) is 36.5 Å². The van der Waals surface area contributed by atoms with Gasteiger partial charge in [-0.15, -0.1) is 0 Å². The van der Waals surface area contributed by atoms with Gasteiger partial charge in [0.1, 0.15) is 30.3 Å². The van der Waals surface area contributed by atoms with E-state index in [9.17, 15) is 40.8 Å². The molecule has 2 aromatic rings. The van der Waals surface area contributed by atoms with Crippen molar-refractivity contribution in [3.8, 4) is 11.6 Å². The highest BCUT2D eigenvalue weighted by atomic mass is 32.2. The van der Waals surface area contributed by atoms with Crippen LogP contribution in [-0.2, 0) is 29.1 Å². The van der Waals surface area contributed by atoms with Crippen molar-refractivity contribution in [3.63, 3.8) is 0 Å². The van der Waals surface area contributed by atoms with Gasteiger partial charge in [-0.1, -0.05) is 26.0 Å². The molecule has 3 fully saturated rings. The minimum absolute atomic E-state index is 0.0346. The number of aromatic nitrogens is 1. The maximum absolute atomic E-state index is 14.8. The fraction of sp³-hybridized carbons (Fsp3) is 0.625. The number of nitrogens with zero attached hydrogens (tertiary/aromatic N) is 3. The molecule has 59 heavy (non-hydrogen) atoms. The minimum atomic E-state index is -4.91. The summed E-state index contributed by atoms with van der Waals surface area (Å²) >= 11 is 0. The minimum Gasteiger partial charge on any atom is -0.489 e. The molecule has 0 bridgehead atoms. The summed E-state index contributed by atoms with van der Waals surface area (Å²) in [5.41, 5.74) is -3.63. The van der Waals surface area contributed by atoms with Gasteiger partial charge in [-0.3, -0.25) is 19.1 Å². The van der Waals surface area contributed by atoms with Crippen molar-refractivity contribution < 1.29 is 55.0 Å². The van der Waals surface area contributed by atoms with Crippen LogP contribution in [0.2, 0.25) is 0 Å². The number of benzene rings is 1. The maximum Gasteiger partial charge on any atom is 0.427 e. The second-order valence-electron chi connectivity index (χ2n) is 17.2. The average Bonchev–Trinajstić information content (AvgIpc) is 4.08. The smallest absolute Gasteiger partial charge is 0.427 e. The van der Waals surface area contributed by atoms with Crippen LogP contribution in [0, 0.1) is 17.8 Å². The number of carbonyl (C=O) groups excluding carboxylic acids is 4. The van der Waals surface area contributed by atoms with Crippen LogP contribution in [0.25, 0.3) is 10.8 Å². The molecule has 19 heteroatoms. The zero-order valence-corrected chi connectivity index (χ0v) is 34.5. The molecule has 322 valence electrons. The van der Waals surface area contributed by atoms with Gasteiger partial charge in [-0.2, -0.15) is 13.2 Å². The van der Waals surface area contributed by atoms with Crippen LogP contribution in [0.4, 0.5) is 23.7 Å². The monoisotopic (exact) mass is 848 g/mol. The first-order valence-electron chi connectivity index (χ1n) is 20.0. The predicted octanol–water partition coefficient (Wildman–Crippen LogP) is 4.34. The van der Waals surface area contributed by atoms with Crippen LogP contribution in [-0.4, -0.2) is 110 Å². The number of nitrogens with one attached hydrogen (secondary N) is 3. The number of fused-ring (bicyclic) bond motifs is 5. The van der Waals surface area contributed by atoms with Crippen LogP contribution in [0.5, 0.6) is 11.6 Å². The fourth-order valence-corrected chi connectivity index (χ4v) is 9.61. The highest BCUT2D eigenvalue weighted by Gasteiger charge is 2.62. The summed E-state index contributed by atoms with van der Waals surface area (Å²) < 4.78 is 86.5.